The van der Waals surface area contributed by atoms with Gasteiger partial charge in [0.1, 0.15) is 12.4 Å². The molecule has 0 bridgehead atoms. The van der Waals surface area contributed by atoms with Gasteiger partial charge in [0.25, 0.3) is 11.6 Å². The molecule has 0 radical (unpaired) electrons. The van der Waals surface area contributed by atoms with Crippen molar-refractivity contribution in [2.75, 3.05) is 4.90 Å². The average Bonchev–Trinajstić information content (AvgIpc) is 3.14. The summed E-state index contributed by atoms with van der Waals surface area (Å²) in [5, 5.41) is 11.3. The molecule has 6 heteroatoms. The predicted octanol–water partition coefficient (Wildman–Crippen LogP) is 5.56. The van der Waals surface area contributed by atoms with Gasteiger partial charge in [-0.2, -0.15) is 0 Å². The molecule has 168 valence electrons. The van der Waals surface area contributed by atoms with Gasteiger partial charge in [-0.05, 0) is 78.6 Å². The smallest absolute Gasteiger partial charge is 0.270 e. The number of rotatable bonds is 5. The Kier molecular flexibility index (Phi) is 5.36. The molecule has 2 heterocycles. The van der Waals surface area contributed by atoms with Crippen LogP contribution in [0.1, 0.15) is 51.5 Å². The number of aryl methyl sites for hydroxylation is 3. The number of anilines is 1. The van der Waals surface area contributed by atoms with Crippen LogP contribution in [0.5, 0.6) is 5.75 Å². The molecule has 2 aliphatic rings. The van der Waals surface area contributed by atoms with Gasteiger partial charge in [-0.15, -0.1) is 0 Å². The van der Waals surface area contributed by atoms with E-state index >= 15 is 0 Å². The van der Waals surface area contributed by atoms with E-state index < -0.39 is 0 Å². The van der Waals surface area contributed by atoms with Gasteiger partial charge in [0, 0.05) is 29.4 Å². The van der Waals surface area contributed by atoms with Crippen LogP contribution in [0.4, 0.5) is 11.4 Å². The molecule has 0 aromatic heterocycles. The second kappa shape index (κ2) is 8.35. The molecule has 5 rings (SSSR count). The molecule has 0 unspecified atom stereocenters. The molecule has 3 aromatic carbocycles. The Balaban J connectivity index is 1.42. The number of benzene rings is 3. The molecule has 1 amide bonds. The van der Waals surface area contributed by atoms with Gasteiger partial charge >= 0.3 is 0 Å². The first-order valence-corrected chi connectivity index (χ1v) is 11.4. The maximum atomic E-state index is 13.5. The van der Waals surface area contributed by atoms with E-state index in [-0.39, 0.29) is 29.2 Å². The summed E-state index contributed by atoms with van der Waals surface area (Å²) in [4.78, 5) is 26.4. The minimum atomic E-state index is -0.369. The lowest BCUT2D eigenvalue weighted by atomic mass is 9.98. The fourth-order valence-electron chi connectivity index (χ4n) is 5.01. The number of amides is 1. The Labute approximate surface area is 193 Å². The SMILES string of the molecule is CCc1cc(COc2cc3c(cc2C)C(=O)N2c4ccccc4C[C@H]2CC3)cc([N+](=O)[O-])c1. The number of nitro benzene ring substituents is 1. The van der Waals surface area contributed by atoms with E-state index in [9.17, 15) is 14.9 Å². The minimum Gasteiger partial charge on any atom is -0.489 e. The summed E-state index contributed by atoms with van der Waals surface area (Å²) < 4.78 is 6.10. The highest BCUT2D eigenvalue weighted by Crippen LogP contribution is 2.39. The average molecular weight is 443 g/mol. The number of hydrogen-bond donors (Lipinski definition) is 0. The number of nitro groups is 1. The molecule has 1 atom stereocenters. The molecule has 0 fully saturated rings. The van der Waals surface area contributed by atoms with E-state index in [0.717, 1.165) is 59.2 Å². The second-order valence-electron chi connectivity index (χ2n) is 8.88. The number of ether oxygens (including phenoxy) is 1. The van der Waals surface area contributed by atoms with E-state index in [2.05, 4.69) is 6.07 Å². The highest BCUT2D eigenvalue weighted by molar-refractivity contribution is 6.09. The summed E-state index contributed by atoms with van der Waals surface area (Å²) in [5.41, 5.74) is 6.64. The number of fused-ring (bicyclic) bond motifs is 4. The maximum absolute atomic E-state index is 13.5. The number of carbonyl (C=O) groups is 1. The molecule has 0 saturated carbocycles. The Morgan fingerprint density at radius 2 is 1.88 bits per heavy atom. The van der Waals surface area contributed by atoms with Crippen LogP contribution in [0.15, 0.2) is 54.6 Å². The first-order chi connectivity index (χ1) is 15.9. The normalized spacial score (nSPS) is 16.6. The van der Waals surface area contributed by atoms with Crippen molar-refractivity contribution in [3.05, 3.63) is 98.1 Å². The molecule has 0 spiro atoms. The first kappa shape index (κ1) is 21.2. The van der Waals surface area contributed by atoms with Gasteiger partial charge in [-0.3, -0.25) is 14.9 Å². The molecule has 2 aliphatic heterocycles. The molecular formula is C27H26N2O4. The lowest BCUT2D eigenvalue weighted by Gasteiger charge is -2.23. The van der Waals surface area contributed by atoms with Gasteiger partial charge in [0.05, 0.1) is 4.92 Å². The number of nitrogens with zero attached hydrogens (tertiary/aromatic N) is 2. The molecule has 0 saturated heterocycles. The summed E-state index contributed by atoms with van der Waals surface area (Å²) >= 11 is 0. The summed E-state index contributed by atoms with van der Waals surface area (Å²) in [6.45, 7) is 4.15. The van der Waals surface area contributed by atoms with Crippen LogP contribution in [0.25, 0.3) is 0 Å². The monoisotopic (exact) mass is 442 g/mol. The topological polar surface area (TPSA) is 72.7 Å². The van der Waals surface area contributed by atoms with E-state index in [0.29, 0.717) is 5.75 Å². The minimum absolute atomic E-state index is 0.0540. The van der Waals surface area contributed by atoms with Gasteiger partial charge < -0.3 is 9.64 Å². The number of hydrogen-bond acceptors (Lipinski definition) is 4. The van der Waals surface area contributed by atoms with Crippen molar-refractivity contribution in [3.63, 3.8) is 0 Å². The third-order valence-corrected chi connectivity index (χ3v) is 6.72. The second-order valence-corrected chi connectivity index (χ2v) is 8.88. The van der Waals surface area contributed by atoms with E-state index in [4.69, 9.17) is 4.74 Å². The van der Waals surface area contributed by atoms with Gasteiger partial charge in [0.15, 0.2) is 0 Å². The number of carbonyl (C=O) groups excluding carboxylic acids is 1. The highest BCUT2D eigenvalue weighted by atomic mass is 16.6. The zero-order valence-corrected chi connectivity index (χ0v) is 18.8. The van der Waals surface area contributed by atoms with Crippen molar-refractivity contribution in [1.29, 1.82) is 0 Å². The van der Waals surface area contributed by atoms with Crippen molar-refractivity contribution < 1.29 is 14.5 Å². The largest absolute Gasteiger partial charge is 0.489 e. The zero-order chi connectivity index (χ0) is 23.1. The van der Waals surface area contributed by atoms with Crippen LogP contribution in [0.2, 0.25) is 0 Å². The summed E-state index contributed by atoms with van der Waals surface area (Å²) in [6.07, 6.45) is 3.32. The molecule has 0 aliphatic carbocycles. The van der Waals surface area contributed by atoms with Crippen molar-refractivity contribution in [3.8, 4) is 5.75 Å². The Bertz CT molecular complexity index is 1270. The Hall–Kier alpha value is -3.67. The molecule has 33 heavy (non-hydrogen) atoms. The lowest BCUT2D eigenvalue weighted by molar-refractivity contribution is -0.385. The van der Waals surface area contributed by atoms with Crippen LogP contribution >= 0.6 is 0 Å². The fraction of sp³-hybridized carbons (Fsp3) is 0.296. The fourth-order valence-corrected chi connectivity index (χ4v) is 5.01. The molecule has 6 nitrogen and oxygen atoms in total. The van der Waals surface area contributed by atoms with Crippen molar-refractivity contribution in [1.82, 2.24) is 0 Å². The highest BCUT2D eigenvalue weighted by Gasteiger charge is 2.37. The molecular weight excluding hydrogens is 416 g/mol. The van der Waals surface area contributed by atoms with E-state index in [1.54, 1.807) is 12.1 Å². The van der Waals surface area contributed by atoms with Gasteiger partial charge in [-0.25, -0.2) is 0 Å². The Morgan fingerprint density at radius 1 is 1.09 bits per heavy atom. The summed E-state index contributed by atoms with van der Waals surface area (Å²) in [5.74, 6) is 0.770. The van der Waals surface area contributed by atoms with Crippen LogP contribution in [-0.4, -0.2) is 16.9 Å². The first-order valence-electron chi connectivity index (χ1n) is 11.4. The summed E-state index contributed by atoms with van der Waals surface area (Å²) in [7, 11) is 0. The van der Waals surface area contributed by atoms with Crippen LogP contribution < -0.4 is 9.64 Å². The molecule has 3 aromatic rings. The summed E-state index contributed by atoms with van der Waals surface area (Å²) in [6, 6.07) is 17.4. The van der Waals surface area contributed by atoms with E-state index in [1.807, 2.05) is 55.1 Å². The number of para-hydroxylation sites is 1. The van der Waals surface area contributed by atoms with Crippen molar-refractivity contribution in [2.45, 2.75) is 52.2 Å². The number of non-ortho nitro benzene ring substituents is 1. The predicted molar refractivity (Wildman–Crippen MR) is 127 cm³/mol. The van der Waals surface area contributed by atoms with Crippen LogP contribution in [0.3, 0.4) is 0 Å². The van der Waals surface area contributed by atoms with Crippen LogP contribution in [0, 0.1) is 17.0 Å². The maximum Gasteiger partial charge on any atom is 0.270 e. The van der Waals surface area contributed by atoms with E-state index in [1.165, 1.54) is 5.56 Å². The van der Waals surface area contributed by atoms with Crippen LogP contribution in [-0.2, 0) is 25.9 Å². The molecule has 0 N–H and O–H groups in total. The standard InChI is InChI=1S/C27H26N2O4/c1-3-18-11-19(13-23(12-18)29(31)32)16-33-26-15-20-8-9-22-14-21-6-4-5-7-25(21)28(22)27(30)24(20)10-17(26)2/h4-7,10-13,15,22H,3,8-9,14,16H2,1-2H3/t22-/m1/s1. The lowest BCUT2D eigenvalue weighted by Crippen LogP contribution is -2.36. The third kappa shape index (κ3) is 3.86. The van der Waals surface area contributed by atoms with Crippen molar-refractivity contribution >= 4 is 17.3 Å². The quantitative estimate of drug-likeness (QED) is 0.383. The zero-order valence-electron chi connectivity index (χ0n) is 18.8. The van der Waals surface area contributed by atoms with Gasteiger partial charge in [0.2, 0.25) is 0 Å². The Morgan fingerprint density at radius 3 is 2.67 bits per heavy atom. The van der Waals surface area contributed by atoms with Gasteiger partial charge in [-0.1, -0.05) is 31.2 Å². The third-order valence-electron chi connectivity index (χ3n) is 6.72. The van der Waals surface area contributed by atoms with Crippen molar-refractivity contribution in [2.24, 2.45) is 0 Å².